The van der Waals surface area contributed by atoms with Crippen LogP contribution in [-0.2, 0) is 17.8 Å². The average Bonchev–Trinajstić information content (AvgIpc) is 2.77. The van der Waals surface area contributed by atoms with E-state index in [0.717, 1.165) is 32.4 Å². The van der Waals surface area contributed by atoms with Gasteiger partial charge in [-0.3, -0.25) is 4.79 Å². The third-order valence-corrected chi connectivity index (χ3v) is 4.55. The molecule has 3 heteroatoms. The van der Waals surface area contributed by atoms with Gasteiger partial charge in [0.25, 0.3) is 0 Å². The number of benzene rings is 1. The first-order valence-corrected chi connectivity index (χ1v) is 7.19. The Balaban J connectivity index is 1.76. The maximum Gasteiger partial charge on any atom is 0.240 e. The van der Waals surface area contributed by atoms with Crippen molar-refractivity contribution in [2.75, 3.05) is 6.54 Å². The summed E-state index contributed by atoms with van der Waals surface area (Å²) in [6.45, 7) is 6.07. The molecule has 2 aliphatic rings. The molecule has 2 heterocycles. The third-order valence-electron chi connectivity index (χ3n) is 4.55. The van der Waals surface area contributed by atoms with E-state index >= 15 is 0 Å². The van der Waals surface area contributed by atoms with Gasteiger partial charge in [-0.25, -0.2) is 0 Å². The van der Waals surface area contributed by atoms with Gasteiger partial charge in [-0.2, -0.15) is 0 Å². The van der Waals surface area contributed by atoms with Crippen molar-refractivity contribution in [3.63, 3.8) is 0 Å². The molecule has 0 radical (unpaired) electrons. The maximum absolute atomic E-state index is 12.7. The molecular weight excluding hydrogens is 236 g/mol. The van der Waals surface area contributed by atoms with Crippen LogP contribution in [0.1, 0.15) is 37.8 Å². The lowest BCUT2D eigenvalue weighted by atomic mass is 9.94. The summed E-state index contributed by atoms with van der Waals surface area (Å²) in [5.74, 6) is 0.275. The predicted octanol–water partition coefficient (Wildman–Crippen LogP) is 2.10. The van der Waals surface area contributed by atoms with Gasteiger partial charge in [0.2, 0.25) is 5.91 Å². The summed E-state index contributed by atoms with van der Waals surface area (Å²) in [6.07, 6.45) is 3.06. The van der Waals surface area contributed by atoms with Crippen LogP contribution in [0.3, 0.4) is 0 Å². The monoisotopic (exact) mass is 258 g/mol. The van der Waals surface area contributed by atoms with E-state index in [1.165, 1.54) is 11.1 Å². The Hall–Kier alpha value is -1.35. The van der Waals surface area contributed by atoms with Crippen LogP contribution in [0.15, 0.2) is 24.3 Å². The number of carbonyl (C=O) groups excluding carboxylic acids is 1. The van der Waals surface area contributed by atoms with Crippen molar-refractivity contribution in [3.05, 3.63) is 35.4 Å². The lowest BCUT2D eigenvalue weighted by Gasteiger charge is -2.36. The van der Waals surface area contributed by atoms with E-state index < -0.39 is 0 Å². The Morgan fingerprint density at radius 2 is 2.05 bits per heavy atom. The SMILES string of the molecule is CC1(C)CCCN1C(=O)C1Cc2ccccc2CN1. The van der Waals surface area contributed by atoms with Gasteiger partial charge in [-0.05, 0) is 44.2 Å². The van der Waals surface area contributed by atoms with Gasteiger partial charge in [-0.15, -0.1) is 0 Å². The van der Waals surface area contributed by atoms with Gasteiger partial charge >= 0.3 is 0 Å². The predicted molar refractivity (Wildman–Crippen MR) is 75.8 cm³/mol. The molecule has 19 heavy (non-hydrogen) atoms. The summed E-state index contributed by atoms with van der Waals surface area (Å²) in [6, 6.07) is 8.36. The van der Waals surface area contributed by atoms with Crippen LogP contribution >= 0.6 is 0 Å². The van der Waals surface area contributed by atoms with Gasteiger partial charge in [0.15, 0.2) is 0 Å². The molecule has 1 aromatic carbocycles. The number of hydrogen-bond acceptors (Lipinski definition) is 2. The van der Waals surface area contributed by atoms with Gasteiger partial charge < -0.3 is 10.2 Å². The fourth-order valence-electron chi connectivity index (χ4n) is 3.33. The highest BCUT2D eigenvalue weighted by Gasteiger charge is 2.38. The van der Waals surface area contributed by atoms with Crippen LogP contribution in [0.2, 0.25) is 0 Å². The molecule has 0 spiro atoms. The Morgan fingerprint density at radius 1 is 1.32 bits per heavy atom. The molecular formula is C16H22N2O. The minimum atomic E-state index is -0.0488. The Kier molecular flexibility index (Phi) is 3.09. The standard InChI is InChI=1S/C16H22N2O/c1-16(2)8-5-9-18(16)15(19)14-10-12-6-3-4-7-13(12)11-17-14/h3-4,6-7,14,17H,5,8-11H2,1-2H3. The molecule has 0 aromatic heterocycles. The second-order valence-electron chi connectivity index (χ2n) is 6.31. The summed E-state index contributed by atoms with van der Waals surface area (Å²) < 4.78 is 0. The van der Waals surface area contributed by atoms with E-state index in [9.17, 15) is 4.79 Å². The topological polar surface area (TPSA) is 32.3 Å². The van der Waals surface area contributed by atoms with Gasteiger partial charge in [0.1, 0.15) is 0 Å². The minimum absolute atomic E-state index is 0.0235. The number of nitrogens with one attached hydrogen (secondary N) is 1. The fourth-order valence-corrected chi connectivity index (χ4v) is 3.33. The molecule has 1 saturated heterocycles. The van der Waals surface area contributed by atoms with E-state index in [0.29, 0.717) is 0 Å². The molecule has 1 unspecified atom stereocenters. The molecule has 1 fully saturated rings. The molecule has 1 aromatic rings. The maximum atomic E-state index is 12.7. The number of rotatable bonds is 1. The van der Waals surface area contributed by atoms with E-state index in [2.05, 4.69) is 48.3 Å². The number of carbonyl (C=O) groups is 1. The number of likely N-dealkylation sites (tertiary alicyclic amines) is 1. The lowest BCUT2D eigenvalue weighted by molar-refractivity contribution is -0.136. The van der Waals surface area contributed by atoms with Gasteiger partial charge in [0, 0.05) is 18.6 Å². The van der Waals surface area contributed by atoms with Crippen molar-refractivity contribution in [1.29, 1.82) is 0 Å². The first-order chi connectivity index (χ1) is 9.08. The first kappa shape index (κ1) is 12.7. The molecule has 2 aliphatic heterocycles. The first-order valence-electron chi connectivity index (χ1n) is 7.19. The molecule has 1 N–H and O–H groups in total. The summed E-state index contributed by atoms with van der Waals surface area (Å²) in [5, 5.41) is 3.40. The highest BCUT2D eigenvalue weighted by Crippen LogP contribution is 2.29. The highest BCUT2D eigenvalue weighted by atomic mass is 16.2. The highest BCUT2D eigenvalue weighted by molar-refractivity contribution is 5.83. The van der Waals surface area contributed by atoms with Crippen molar-refractivity contribution >= 4 is 5.91 Å². The summed E-state index contributed by atoms with van der Waals surface area (Å²) in [5.41, 5.74) is 2.67. The summed E-state index contributed by atoms with van der Waals surface area (Å²) in [4.78, 5) is 14.8. The quantitative estimate of drug-likeness (QED) is 0.836. The van der Waals surface area contributed by atoms with E-state index in [1.54, 1.807) is 0 Å². The second kappa shape index (κ2) is 4.64. The number of fused-ring (bicyclic) bond motifs is 1. The van der Waals surface area contributed by atoms with E-state index in [1.807, 2.05) is 0 Å². The lowest BCUT2D eigenvalue weighted by Crippen LogP contribution is -2.53. The molecule has 1 atom stereocenters. The Morgan fingerprint density at radius 3 is 2.74 bits per heavy atom. The summed E-state index contributed by atoms with van der Waals surface area (Å²) >= 11 is 0. The molecule has 1 amide bonds. The molecule has 0 bridgehead atoms. The van der Waals surface area contributed by atoms with Crippen LogP contribution in [0.25, 0.3) is 0 Å². The normalized spacial score (nSPS) is 25.2. The fraction of sp³-hybridized carbons (Fsp3) is 0.562. The zero-order valence-corrected chi connectivity index (χ0v) is 11.8. The van der Waals surface area contributed by atoms with Gasteiger partial charge in [0.05, 0.1) is 6.04 Å². The van der Waals surface area contributed by atoms with Crippen molar-refractivity contribution in [1.82, 2.24) is 10.2 Å². The second-order valence-corrected chi connectivity index (χ2v) is 6.31. The van der Waals surface area contributed by atoms with Crippen LogP contribution in [0.5, 0.6) is 0 Å². The van der Waals surface area contributed by atoms with E-state index in [-0.39, 0.29) is 17.5 Å². The molecule has 0 aliphatic carbocycles. The zero-order chi connectivity index (χ0) is 13.5. The average molecular weight is 258 g/mol. The molecule has 3 nitrogen and oxygen atoms in total. The van der Waals surface area contributed by atoms with Crippen molar-refractivity contribution < 1.29 is 4.79 Å². The van der Waals surface area contributed by atoms with Crippen LogP contribution < -0.4 is 5.32 Å². The van der Waals surface area contributed by atoms with E-state index in [4.69, 9.17) is 0 Å². The molecule has 0 saturated carbocycles. The Bertz CT molecular complexity index is 495. The van der Waals surface area contributed by atoms with Crippen LogP contribution in [-0.4, -0.2) is 28.9 Å². The largest absolute Gasteiger partial charge is 0.336 e. The number of amides is 1. The minimum Gasteiger partial charge on any atom is -0.336 e. The Labute approximate surface area is 115 Å². The third kappa shape index (κ3) is 2.27. The summed E-state index contributed by atoms with van der Waals surface area (Å²) in [7, 11) is 0. The van der Waals surface area contributed by atoms with Crippen molar-refractivity contribution in [2.24, 2.45) is 0 Å². The van der Waals surface area contributed by atoms with Crippen LogP contribution in [0.4, 0.5) is 0 Å². The van der Waals surface area contributed by atoms with Crippen molar-refractivity contribution in [2.45, 2.75) is 51.2 Å². The molecule has 3 rings (SSSR count). The van der Waals surface area contributed by atoms with Crippen molar-refractivity contribution in [3.8, 4) is 0 Å². The molecule has 102 valence electrons. The number of nitrogens with zero attached hydrogens (tertiary/aromatic N) is 1. The number of hydrogen-bond donors (Lipinski definition) is 1. The van der Waals surface area contributed by atoms with Gasteiger partial charge in [-0.1, -0.05) is 24.3 Å². The van der Waals surface area contributed by atoms with Crippen LogP contribution in [0, 0.1) is 0 Å². The zero-order valence-electron chi connectivity index (χ0n) is 11.8. The smallest absolute Gasteiger partial charge is 0.240 e.